The van der Waals surface area contributed by atoms with Crippen molar-refractivity contribution in [3.63, 3.8) is 0 Å². The highest BCUT2D eigenvalue weighted by Crippen LogP contribution is 2.20. The molecule has 0 atom stereocenters. The summed E-state index contributed by atoms with van der Waals surface area (Å²) in [7, 11) is 0. The van der Waals surface area contributed by atoms with E-state index in [1.807, 2.05) is 36.4 Å². The molecule has 0 aromatic heterocycles. The van der Waals surface area contributed by atoms with Gasteiger partial charge in [0.1, 0.15) is 5.75 Å². The summed E-state index contributed by atoms with van der Waals surface area (Å²) in [5.41, 5.74) is -1.00. The summed E-state index contributed by atoms with van der Waals surface area (Å²) in [5, 5.41) is 13.7. The zero-order valence-electron chi connectivity index (χ0n) is 12.6. The van der Waals surface area contributed by atoms with E-state index in [9.17, 15) is 9.59 Å². The van der Waals surface area contributed by atoms with Crippen molar-refractivity contribution in [1.82, 2.24) is 5.32 Å². The number of hydrogen-bond acceptors (Lipinski definition) is 3. The first-order valence-electron chi connectivity index (χ1n) is 7.00. The van der Waals surface area contributed by atoms with E-state index in [0.717, 1.165) is 10.8 Å². The van der Waals surface area contributed by atoms with Crippen LogP contribution in [0.1, 0.15) is 13.8 Å². The van der Waals surface area contributed by atoms with E-state index >= 15 is 0 Å². The van der Waals surface area contributed by atoms with Gasteiger partial charge in [0.05, 0.1) is 5.41 Å². The molecule has 2 rings (SSSR count). The zero-order chi connectivity index (χ0) is 16.2. The van der Waals surface area contributed by atoms with E-state index in [0.29, 0.717) is 5.75 Å². The van der Waals surface area contributed by atoms with Gasteiger partial charge in [-0.15, -0.1) is 0 Å². The number of benzene rings is 2. The minimum absolute atomic E-state index is 0.0578. The summed E-state index contributed by atoms with van der Waals surface area (Å²) in [6.45, 7) is 3.02. The van der Waals surface area contributed by atoms with Crippen LogP contribution < -0.4 is 10.1 Å². The third-order valence-corrected chi connectivity index (χ3v) is 3.40. The van der Waals surface area contributed by atoms with Crippen molar-refractivity contribution in [1.29, 1.82) is 0 Å². The molecule has 0 saturated heterocycles. The van der Waals surface area contributed by atoms with Gasteiger partial charge < -0.3 is 15.2 Å². The third kappa shape index (κ3) is 3.97. The maximum Gasteiger partial charge on any atom is 0.310 e. The Morgan fingerprint density at radius 2 is 1.82 bits per heavy atom. The van der Waals surface area contributed by atoms with Gasteiger partial charge in [-0.05, 0) is 36.8 Å². The summed E-state index contributed by atoms with van der Waals surface area (Å²) in [4.78, 5) is 22.7. The lowest BCUT2D eigenvalue weighted by Crippen LogP contribution is -2.40. The second-order valence-electron chi connectivity index (χ2n) is 5.76. The van der Waals surface area contributed by atoms with Gasteiger partial charge in [0.2, 0.25) is 0 Å². The van der Waals surface area contributed by atoms with Crippen molar-refractivity contribution in [2.45, 2.75) is 13.8 Å². The monoisotopic (exact) mass is 301 g/mol. The largest absolute Gasteiger partial charge is 0.484 e. The number of amides is 1. The molecular weight excluding hydrogens is 282 g/mol. The van der Waals surface area contributed by atoms with Crippen molar-refractivity contribution in [2.24, 2.45) is 5.41 Å². The number of hydrogen-bond donors (Lipinski definition) is 2. The Hall–Kier alpha value is -2.56. The fourth-order valence-electron chi connectivity index (χ4n) is 1.85. The van der Waals surface area contributed by atoms with Crippen molar-refractivity contribution in [3.8, 4) is 5.75 Å². The molecule has 0 radical (unpaired) electrons. The molecule has 2 aromatic rings. The van der Waals surface area contributed by atoms with E-state index in [1.165, 1.54) is 0 Å². The van der Waals surface area contributed by atoms with Crippen LogP contribution in [0.2, 0.25) is 0 Å². The summed E-state index contributed by atoms with van der Waals surface area (Å²) in [6.07, 6.45) is 0. The van der Waals surface area contributed by atoms with E-state index in [4.69, 9.17) is 9.84 Å². The first-order valence-corrected chi connectivity index (χ1v) is 7.00. The van der Waals surface area contributed by atoms with Crippen LogP contribution in [-0.2, 0) is 9.59 Å². The molecule has 2 N–H and O–H groups in total. The Morgan fingerprint density at radius 1 is 1.14 bits per heavy atom. The first-order chi connectivity index (χ1) is 10.4. The van der Waals surface area contributed by atoms with Gasteiger partial charge in [0, 0.05) is 6.54 Å². The van der Waals surface area contributed by atoms with Crippen LogP contribution in [0.15, 0.2) is 42.5 Å². The van der Waals surface area contributed by atoms with Crippen molar-refractivity contribution in [2.75, 3.05) is 13.2 Å². The minimum atomic E-state index is -1.00. The molecule has 0 spiro atoms. The number of ether oxygens (including phenoxy) is 1. The van der Waals surface area contributed by atoms with Crippen LogP contribution in [0.3, 0.4) is 0 Å². The molecule has 5 nitrogen and oxygen atoms in total. The molecule has 0 heterocycles. The molecule has 0 unspecified atom stereocenters. The van der Waals surface area contributed by atoms with Crippen molar-refractivity contribution >= 4 is 22.6 Å². The van der Waals surface area contributed by atoms with Gasteiger partial charge in [-0.1, -0.05) is 30.3 Å². The Balaban J connectivity index is 1.88. The quantitative estimate of drug-likeness (QED) is 0.859. The summed E-state index contributed by atoms with van der Waals surface area (Å²) < 4.78 is 5.44. The normalized spacial score (nSPS) is 11.2. The highest BCUT2D eigenvalue weighted by Gasteiger charge is 2.27. The zero-order valence-corrected chi connectivity index (χ0v) is 12.6. The summed E-state index contributed by atoms with van der Waals surface area (Å²) in [6, 6.07) is 13.5. The first kappa shape index (κ1) is 15.8. The van der Waals surface area contributed by atoms with Gasteiger partial charge in [0.25, 0.3) is 5.91 Å². The fraction of sp³-hybridized carbons (Fsp3) is 0.294. The van der Waals surface area contributed by atoms with E-state index in [-0.39, 0.29) is 19.1 Å². The number of nitrogens with one attached hydrogen (secondary N) is 1. The van der Waals surface area contributed by atoms with Crippen molar-refractivity contribution in [3.05, 3.63) is 42.5 Å². The molecule has 0 aliphatic heterocycles. The lowest BCUT2D eigenvalue weighted by atomic mass is 9.94. The molecule has 0 saturated carbocycles. The van der Waals surface area contributed by atoms with E-state index in [1.54, 1.807) is 19.9 Å². The molecule has 1 amide bonds. The average Bonchev–Trinajstić information content (AvgIpc) is 2.50. The van der Waals surface area contributed by atoms with Crippen LogP contribution in [0.5, 0.6) is 5.75 Å². The van der Waals surface area contributed by atoms with Crippen LogP contribution in [0.25, 0.3) is 10.8 Å². The van der Waals surface area contributed by atoms with Crippen LogP contribution in [-0.4, -0.2) is 30.1 Å². The van der Waals surface area contributed by atoms with Gasteiger partial charge >= 0.3 is 5.97 Å². The standard InChI is InChI=1S/C17H19NO4/c1-17(2,16(20)21)11-18-15(19)10-22-14-8-7-12-5-3-4-6-13(12)9-14/h3-9H,10-11H2,1-2H3,(H,18,19)(H,20,21). The Morgan fingerprint density at radius 3 is 2.50 bits per heavy atom. The predicted octanol–water partition coefficient (Wildman–Crippen LogP) is 2.45. The smallest absolute Gasteiger partial charge is 0.310 e. The topological polar surface area (TPSA) is 75.6 Å². The summed E-state index contributed by atoms with van der Waals surface area (Å²) in [5.74, 6) is -0.697. The second-order valence-corrected chi connectivity index (χ2v) is 5.76. The van der Waals surface area contributed by atoms with Gasteiger partial charge in [-0.3, -0.25) is 9.59 Å². The summed E-state index contributed by atoms with van der Waals surface area (Å²) >= 11 is 0. The van der Waals surface area contributed by atoms with Crippen LogP contribution >= 0.6 is 0 Å². The van der Waals surface area contributed by atoms with Gasteiger partial charge in [-0.2, -0.15) is 0 Å². The van der Waals surface area contributed by atoms with E-state index in [2.05, 4.69) is 5.32 Å². The number of carboxylic acids is 1. The van der Waals surface area contributed by atoms with Crippen LogP contribution in [0, 0.1) is 5.41 Å². The number of fused-ring (bicyclic) bond motifs is 1. The molecule has 0 bridgehead atoms. The Kier molecular flexibility index (Phi) is 4.65. The van der Waals surface area contributed by atoms with E-state index < -0.39 is 11.4 Å². The second kappa shape index (κ2) is 6.47. The maximum absolute atomic E-state index is 11.7. The van der Waals surface area contributed by atoms with Crippen LogP contribution in [0.4, 0.5) is 0 Å². The third-order valence-electron chi connectivity index (χ3n) is 3.40. The lowest BCUT2D eigenvalue weighted by molar-refractivity contribution is -0.146. The Bertz CT molecular complexity index is 694. The fourth-order valence-corrected chi connectivity index (χ4v) is 1.85. The predicted molar refractivity (Wildman–Crippen MR) is 83.9 cm³/mol. The maximum atomic E-state index is 11.7. The molecule has 0 aliphatic rings. The number of aliphatic carboxylic acids is 1. The highest BCUT2D eigenvalue weighted by molar-refractivity contribution is 5.84. The highest BCUT2D eigenvalue weighted by atomic mass is 16.5. The number of rotatable bonds is 6. The van der Waals surface area contributed by atoms with Gasteiger partial charge in [-0.25, -0.2) is 0 Å². The molecule has 5 heteroatoms. The van der Waals surface area contributed by atoms with Gasteiger partial charge in [0.15, 0.2) is 6.61 Å². The number of carboxylic acid groups (broad SMARTS) is 1. The molecule has 0 fully saturated rings. The molecule has 0 aliphatic carbocycles. The number of carbonyl (C=O) groups excluding carboxylic acids is 1. The Labute approximate surface area is 128 Å². The lowest BCUT2D eigenvalue weighted by Gasteiger charge is -2.19. The molecule has 22 heavy (non-hydrogen) atoms. The van der Waals surface area contributed by atoms with Crippen molar-refractivity contribution < 1.29 is 19.4 Å². The minimum Gasteiger partial charge on any atom is -0.484 e. The average molecular weight is 301 g/mol. The molecule has 116 valence electrons. The number of carbonyl (C=O) groups is 2. The molecular formula is C17H19NO4. The molecule has 2 aromatic carbocycles. The SMILES string of the molecule is CC(C)(CNC(=O)COc1ccc2ccccc2c1)C(=O)O.